The highest BCUT2D eigenvalue weighted by molar-refractivity contribution is 6.05. The molecule has 33 heavy (non-hydrogen) atoms. The van der Waals surface area contributed by atoms with Gasteiger partial charge in [0.25, 0.3) is 5.69 Å². The summed E-state index contributed by atoms with van der Waals surface area (Å²) < 4.78 is 13.0. The quantitative estimate of drug-likeness (QED) is 0.328. The third kappa shape index (κ3) is 4.78. The van der Waals surface area contributed by atoms with Crippen LogP contribution >= 0.6 is 0 Å². The highest BCUT2D eigenvalue weighted by Crippen LogP contribution is 2.52. The molecule has 0 spiro atoms. The maximum absolute atomic E-state index is 13.8. The fourth-order valence-corrected chi connectivity index (χ4v) is 4.75. The number of esters is 2. The molecule has 1 N–H and O–H groups in total. The van der Waals surface area contributed by atoms with Gasteiger partial charge in [-0.3, -0.25) is 9.89 Å². The molecule has 0 aliphatic heterocycles. The van der Waals surface area contributed by atoms with Gasteiger partial charge in [0.05, 0.1) is 6.57 Å². The van der Waals surface area contributed by atoms with E-state index in [0.29, 0.717) is 5.82 Å². The number of carbonyl (C=O) groups excluding carboxylic acids is 2. The Morgan fingerprint density at radius 3 is 2.21 bits per heavy atom. The Bertz CT molecular complexity index is 1070. The minimum atomic E-state index is -0.831. The first-order valence-electron chi connectivity index (χ1n) is 11.7. The first kappa shape index (κ1) is 26.4. The number of hydrogen-bond acceptors (Lipinski definition) is 5. The van der Waals surface area contributed by atoms with Gasteiger partial charge in [0, 0.05) is 17.8 Å². The van der Waals surface area contributed by atoms with Gasteiger partial charge in [0.15, 0.2) is 5.65 Å². The molecule has 182 valence electrons. The van der Waals surface area contributed by atoms with Gasteiger partial charge in [-0.25, -0.2) is 19.1 Å². The summed E-state index contributed by atoms with van der Waals surface area (Å²) >= 11 is 0. The number of nitrogens with zero attached hydrogens (tertiary/aromatic N) is 3. The van der Waals surface area contributed by atoms with Crippen LogP contribution in [-0.2, 0) is 9.53 Å². The molecule has 8 heteroatoms. The highest BCUT2D eigenvalue weighted by atomic mass is 16.6. The van der Waals surface area contributed by atoms with E-state index in [-0.39, 0.29) is 33.6 Å². The van der Waals surface area contributed by atoms with E-state index in [1.54, 1.807) is 6.92 Å². The number of H-pyrrole nitrogens is 1. The Labute approximate surface area is 196 Å². The number of fused-ring (bicyclic) bond motifs is 1. The summed E-state index contributed by atoms with van der Waals surface area (Å²) in [6.07, 6.45) is 4.76. The first-order chi connectivity index (χ1) is 15.3. The Hall–Kier alpha value is -2.82. The molecule has 2 aromatic rings. The lowest BCUT2D eigenvalue weighted by molar-refractivity contribution is -0.149. The van der Waals surface area contributed by atoms with Crippen molar-refractivity contribution in [2.45, 2.75) is 100 Å². The number of nitrogens with one attached hydrogen (secondary N) is 1. The fraction of sp³-hybridized carbons (Fsp3) is 0.680. The van der Waals surface area contributed by atoms with Crippen LogP contribution < -0.4 is 4.74 Å². The molecule has 0 fully saturated rings. The second-order valence-electron chi connectivity index (χ2n) is 10.2. The van der Waals surface area contributed by atoms with Gasteiger partial charge in [-0.2, -0.15) is 0 Å². The van der Waals surface area contributed by atoms with E-state index in [1.165, 1.54) is 11.4 Å². The van der Waals surface area contributed by atoms with Gasteiger partial charge >= 0.3 is 11.9 Å². The largest absolute Gasteiger partial charge is 0.455 e. The molecule has 2 aromatic heterocycles. The van der Waals surface area contributed by atoms with E-state index >= 15 is 0 Å². The summed E-state index contributed by atoms with van der Waals surface area (Å²) in [6, 6.07) is 0. The molecule has 1 unspecified atom stereocenters. The zero-order valence-electron chi connectivity index (χ0n) is 21.5. The Morgan fingerprint density at radius 1 is 1.09 bits per heavy atom. The van der Waals surface area contributed by atoms with Crippen molar-refractivity contribution in [2.24, 2.45) is 10.8 Å². The van der Waals surface area contributed by atoms with E-state index in [0.717, 1.165) is 32.1 Å². The van der Waals surface area contributed by atoms with Crippen LogP contribution in [-0.4, -0.2) is 32.1 Å². The molecule has 0 aliphatic rings. The van der Waals surface area contributed by atoms with Crippen LogP contribution in [0.4, 0.5) is 5.69 Å². The second-order valence-corrected chi connectivity index (χ2v) is 10.2. The van der Waals surface area contributed by atoms with E-state index in [1.807, 2.05) is 6.92 Å². The normalized spacial score (nSPS) is 14.1. The van der Waals surface area contributed by atoms with Gasteiger partial charge in [-0.1, -0.05) is 60.8 Å². The summed E-state index contributed by atoms with van der Waals surface area (Å²) in [6.45, 7) is 25.5. The summed E-state index contributed by atoms with van der Waals surface area (Å²) in [5, 5.41) is 2.93. The topological polar surface area (TPSA) is 90.1 Å². The molecule has 0 aliphatic carbocycles. The number of unbranched alkanes of at least 4 members (excludes halogenated alkanes) is 1. The van der Waals surface area contributed by atoms with Gasteiger partial charge in [-0.05, 0) is 26.7 Å². The van der Waals surface area contributed by atoms with Crippen LogP contribution in [0.1, 0.15) is 104 Å². The number of rotatable bonds is 10. The van der Waals surface area contributed by atoms with Crippen molar-refractivity contribution < 1.29 is 19.1 Å². The van der Waals surface area contributed by atoms with Crippen LogP contribution in [0.5, 0.6) is 5.88 Å². The van der Waals surface area contributed by atoms with Gasteiger partial charge < -0.3 is 9.47 Å². The van der Waals surface area contributed by atoms with Gasteiger partial charge in [0.2, 0.25) is 5.88 Å². The number of carbonyl (C=O) groups is 2. The first-order valence-corrected chi connectivity index (χ1v) is 11.7. The average molecular weight is 459 g/mol. The van der Waals surface area contributed by atoms with Gasteiger partial charge in [-0.15, -0.1) is 0 Å². The molecular formula is C25H38N4O4. The number of aromatic nitrogens is 3. The molecule has 2 rings (SSSR count). The Morgan fingerprint density at radius 2 is 1.70 bits per heavy atom. The molecule has 2 heterocycles. The maximum atomic E-state index is 13.8. The lowest BCUT2D eigenvalue weighted by Gasteiger charge is -2.53. The number of ether oxygens (including phenoxy) is 2. The maximum Gasteiger partial charge on any atom is 0.332 e. The Kier molecular flexibility index (Phi) is 7.67. The monoisotopic (exact) mass is 458 g/mol. The van der Waals surface area contributed by atoms with Crippen molar-refractivity contribution in [3.8, 4) is 5.88 Å². The van der Waals surface area contributed by atoms with Crippen molar-refractivity contribution in [1.29, 1.82) is 0 Å². The summed E-state index contributed by atoms with van der Waals surface area (Å²) in [7, 11) is 0. The van der Waals surface area contributed by atoms with E-state index in [2.05, 4.69) is 56.5 Å². The summed E-state index contributed by atoms with van der Waals surface area (Å²) in [5.41, 5.74) is -1.35. The van der Waals surface area contributed by atoms with Crippen molar-refractivity contribution >= 4 is 23.3 Å². The molecule has 0 amide bonds. The lowest BCUT2D eigenvalue weighted by atomic mass is 9.58. The van der Waals surface area contributed by atoms with Crippen LogP contribution in [0.2, 0.25) is 0 Å². The zero-order valence-corrected chi connectivity index (χ0v) is 21.5. The van der Waals surface area contributed by atoms with Crippen molar-refractivity contribution in [1.82, 2.24) is 14.6 Å². The predicted molar refractivity (Wildman–Crippen MR) is 128 cm³/mol. The molecular weight excluding hydrogens is 420 g/mol. The molecule has 0 saturated heterocycles. The van der Waals surface area contributed by atoms with Crippen molar-refractivity contribution in [3.05, 3.63) is 22.8 Å². The standard InChI is InChI=1S/C25H38N4O4/c1-11-13-15-24(7,8)25(9,23(5,6)14-12-2)33-22(31)18-19(26-10)21(32-17(4)30)29-20(18)27-16(3)28-29/h11-15H2,1-9H3,(H,27,28). The highest BCUT2D eigenvalue weighted by Gasteiger charge is 2.54. The second kappa shape index (κ2) is 9.58. The van der Waals surface area contributed by atoms with Crippen LogP contribution in [0, 0.1) is 24.3 Å². The minimum absolute atomic E-state index is 0.00964. The zero-order chi connectivity index (χ0) is 25.2. The summed E-state index contributed by atoms with van der Waals surface area (Å²) in [4.78, 5) is 33.3. The Balaban J connectivity index is 2.67. The number of aryl methyl sites for hydroxylation is 1. The molecule has 8 nitrogen and oxygen atoms in total. The fourth-order valence-electron chi connectivity index (χ4n) is 4.75. The smallest absolute Gasteiger partial charge is 0.332 e. The van der Waals surface area contributed by atoms with Crippen molar-refractivity contribution in [2.75, 3.05) is 0 Å². The predicted octanol–water partition coefficient (Wildman–Crippen LogP) is 6.41. The van der Waals surface area contributed by atoms with Gasteiger partial charge in [0.1, 0.15) is 17.0 Å². The van der Waals surface area contributed by atoms with Crippen molar-refractivity contribution in [3.63, 3.8) is 0 Å². The molecule has 0 aromatic carbocycles. The minimum Gasteiger partial charge on any atom is -0.455 e. The third-order valence-electron chi connectivity index (χ3n) is 7.09. The van der Waals surface area contributed by atoms with E-state index < -0.39 is 17.5 Å². The van der Waals surface area contributed by atoms with Crippen LogP contribution in [0.25, 0.3) is 10.5 Å². The number of hydrogen-bond donors (Lipinski definition) is 1. The van der Waals surface area contributed by atoms with Crippen LogP contribution in [0.3, 0.4) is 0 Å². The third-order valence-corrected chi connectivity index (χ3v) is 7.09. The summed E-state index contributed by atoms with van der Waals surface area (Å²) in [5.74, 6) is -0.776. The SMILES string of the molecule is [C-]#[N+]c1c(C(=O)OC(C)(C(C)(C)CCC)C(C)(C)CCCC)c2nc(C)[nH]n2c1OC(C)=O. The number of aromatic amines is 1. The molecule has 0 bridgehead atoms. The van der Waals surface area contributed by atoms with E-state index in [9.17, 15) is 9.59 Å². The lowest BCUT2D eigenvalue weighted by Crippen LogP contribution is -2.56. The average Bonchev–Trinajstić information content (AvgIpc) is 3.20. The molecule has 1 atom stereocenters. The molecule has 0 radical (unpaired) electrons. The molecule has 0 saturated carbocycles. The van der Waals surface area contributed by atoms with E-state index in [4.69, 9.17) is 16.0 Å². The van der Waals surface area contributed by atoms with Crippen LogP contribution in [0.15, 0.2) is 0 Å².